The average molecular weight is 234 g/mol. The van der Waals surface area contributed by atoms with Crippen LogP contribution in [-0.4, -0.2) is 18.3 Å². The number of hydrogen-bond donors (Lipinski definition) is 0. The molecule has 0 unspecified atom stereocenters. The summed E-state index contributed by atoms with van der Waals surface area (Å²) >= 11 is 0. The first-order chi connectivity index (χ1) is 7.80. The van der Waals surface area contributed by atoms with Gasteiger partial charge in [0.15, 0.2) is 0 Å². The van der Waals surface area contributed by atoms with Crippen molar-refractivity contribution < 1.29 is 13.7 Å². The molecule has 1 fully saturated rings. The lowest BCUT2D eigenvalue weighted by atomic mass is 9.90. The van der Waals surface area contributed by atoms with Gasteiger partial charge in [-0.2, -0.15) is 0 Å². The summed E-state index contributed by atoms with van der Waals surface area (Å²) in [6, 6.07) is 1.97. The Labute approximate surface area is 103 Å². The number of aryl methyl sites for hydroxylation is 1. The predicted octanol–water partition coefficient (Wildman–Crippen LogP) is 3.23. The standard InChI is InChI=1S/C13H19BO3/c1-10-8-11(15-9-10)6-7-14-16-12(2,3)13(4,5)17-14/h6-9H,1-5H3/b7-6+. The second-order valence-corrected chi connectivity index (χ2v) is 5.51. The normalized spacial score (nSPS) is 22.5. The van der Waals surface area contributed by atoms with Crippen LogP contribution in [0.1, 0.15) is 39.0 Å². The quantitative estimate of drug-likeness (QED) is 0.736. The molecule has 3 nitrogen and oxygen atoms in total. The summed E-state index contributed by atoms with van der Waals surface area (Å²) in [7, 11) is -0.314. The summed E-state index contributed by atoms with van der Waals surface area (Å²) in [6.07, 6.45) is 3.61. The number of furan rings is 1. The molecular formula is C13H19BO3. The lowest BCUT2D eigenvalue weighted by Crippen LogP contribution is -2.41. The van der Waals surface area contributed by atoms with Crippen LogP contribution in [0.15, 0.2) is 22.7 Å². The molecule has 0 radical (unpaired) electrons. The van der Waals surface area contributed by atoms with Gasteiger partial charge in [0.1, 0.15) is 5.76 Å². The van der Waals surface area contributed by atoms with Crippen LogP contribution in [0.25, 0.3) is 6.08 Å². The smallest absolute Gasteiger partial charge is 0.465 e. The third kappa shape index (κ3) is 2.48. The molecule has 0 bridgehead atoms. The van der Waals surface area contributed by atoms with E-state index < -0.39 is 0 Å². The van der Waals surface area contributed by atoms with E-state index in [2.05, 4.69) is 0 Å². The Morgan fingerprint density at radius 1 is 1.12 bits per heavy atom. The Hall–Kier alpha value is -0.995. The van der Waals surface area contributed by atoms with Gasteiger partial charge in [0.25, 0.3) is 0 Å². The molecule has 1 aromatic rings. The van der Waals surface area contributed by atoms with E-state index in [9.17, 15) is 0 Å². The van der Waals surface area contributed by atoms with Crippen molar-refractivity contribution in [2.75, 3.05) is 0 Å². The van der Waals surface area contributed by atoms with Crippen LogP contribution in [0.4, 0.5) is 0 Å². The van der Waals surface area contributed by atoms with E-state index in [1.807, 2.05) is 52.7 Å². The van der Waals surface area contributed by atoms with Gasteiger partial charge in [0, 0.05) is 0 Å². The first-order valence-corrected chi connectivity index (χ1v) is 5.89. The van der Waals surface area contributed by atoms with Crippen molar-refractivity contribution in [2.45, 2.75) is 45.8 Å². The summed E-state index contributed by atoms with van der Waals surface area (Å²) in [5.74, 6) is 2.70. The fourth-order valence-electron chi connectivity index (χ4n) is 1.68. The Morgan fingerprint density at radius 2 is 1.71 bits per heavy atom. The highest BCUT2D eigenvalue weighted by atomic mass is 16.7. The van der Waals surface area contributed by atoms with Gasteiger partial charge in [0.2, 0.25) is 0 Å². The van der Waals surface area contributed by atoms with Crippen molar-refractivity contribution in [3.63, 3.8) is 0 Å². The molecular weight excluding hydrogens is 215 g/mol. The Morgan fingerprint density at radius 3 is 2.18 bits per heavy atom. The minimum Gasteiger partial charge on any atom is -0.465 e. The van der Waals surface area contributed by atoms with E-state index >= 15 is 0 Å². The zero-order chi connectivity index (χ0) is 12.7. The predicted molar refractivity (Wildman–Crippen MR) is 68.6 cm³/mol. The van der Waals surface area contributed by atoms with E-state index in [0.29, 0.717) is 0 Å². The largest absolute Gasteiger partial charge is 0.487 e. The Kier molecular flexibility index (Phi) is 2.96. The van der Waals surface area contributed by atoms with Gasteiger partial charge in [-0.05, 0) is 52.3 Å². The molecule has 2 heterocycles. The third-order valence-corrected chi connectivity index (χ3v) is 3.44. The molecule has 17 heavy (non-hydrogen) atoms. The van der Waals surface area contributed by atoms with Crippen LogP contribution in [0, 0.1) is 6.92 Å². The summed E-state index contributed by atoms with van der Waals surface area (Å²) < 4.78 is 17.0. The van der Waals surface area contributed by atoms with Gasteiger partial charge in [-0.15, -0.1) is 0 Å². The first kappa shape index (κ1) is 12.5. The minimum absolute atomic E-state index is 0.291. The molecule has 0 amide bonds. The zero-order valence-corrected chi connectivity index (χ0v) is 11.1. The monoisotopic (exact) mass is 234 g/mol. The maximum Gasteiger partial charge on any atom is 0.487 e. The van der Waals surface area contributed by atoms with Gasteiger partial charge < -0.3 is 13.7 Å². The van der Waals surface area contributed by atoms with Gasteiger partial charge in [0.05, 0.1) is 17.5 Å². The molecule has 0 atom stereocenters. The van der Waals surface area contributed by atoms with Crippen molar-refractivity contribution in [3.05, 3.63) is 29.6 Å². The van der Waals surface area contributed by atoms with Gasteiger partial charge >= 0.3 is 7.12 Å². The highest BCUT2D eigenvalue weighted by molar-refractivity contribution is 6.52. The minimum atomic E-state index is -0.314. The highest BCUT2D eigenvalue weighted by Crippen LogP contribution is 2.37. The zero-order valence-electron chi connectivity index (χ0n) is 11.1. The molecule has 92 valence electrons. The molecule has 1 saturated heterocycles. The number of hydrogen-bond acceptors (Lipinski definition) is 3. The lowest BCUT2D eigenvalue weighted by Gasteiger charge is -2.32. The van der Waals surface area contributed by atoms with Crippen LogP contribution >= 0.6 is 0 Å². The van der Waals surface area contributed by atoms with Crippen LogP contribution < -0.4 is 0 Å². The summed E-state index contributed by atoms with van der Waals surface area (Å²) in [4.78, 5) is 0. The second-order valence-electron chi connectivity index (χ2n) is 5.51. The molecule has 2 rings (SSSR count). The van der Waals surface area contributed by atoms with Gasteiger partial charge in [-0.3, -0.25) is 0 Å². The fourth-order valence-corrected chi connectivity index (χ4v) is 1.68. The SMILES string of the molecule is Cc1coc(/C=C/B2OC(C)(C)C(C)(C)O2)c1. The molecule has 1 aliphatic heterocycles. The van der Waals surface area contributed by atoms with Crippen molar-refractivity contribution in [2.24, 2.45) is 0 Å². The first-order valence-electron chi connectivity index (χ1n) is 5.89. The van der Waals surface area contributed by atoms with E-state index in [1.165, 1.54) is 0 Å². The third-order valence-electron chi connectivity index (χ3n) is 3.44. The van der Waals surface area contributed by atoms with Crippen LogP contribution in [0.3, 0.4) is 0 Å². The molecule has 0 saturated carbocycles. The van der Waals surface area contributed by atoms with Crippen molar-refractivity contribution in [3.8, 4) is 0 Å². The molecule has 0 aromatic carbocycles. The Bertz CT molecular complexity index is 416. The lowest BCUT2D eigenvalue weighted by molar-refractivity contribution is 0.00578. The van der Waals surface area contributed by atoms with E-state index in [1.54, 1.807) is 6.26 Å². The molecule has 4 heteroatoms. The van der Waals surface area contributed by atoms with Crippen molar-refractivity contribution in [1.29, 1.82) is 0 Å². The van der Waals surface area contributed by atoms with Crippen molar-refractivity contribution >= 4 is 13.2 Å². The molecule has 1 aromatic heterocycles. The highest BCUT2D eigenvalue weighted by Gasteiger charge is 2.49. The molecule has 0 aliphatic carbocycles. The Balaban J connectivity index is 2.05. The maximum absolute atomic E-state index is 5.84. The van der Waals surface area contributed by atoms with Gasteiger partial charge in [-0.25, -0.2) is 0 Å². The van der Waals surface area contributed by atoms with Crippen LogP contribution in [-0.2, 0) is 9.31 Å². The van der Waals surface area contributed by atoms with Crippen LogP contribution in [0.5, 0.6) is 0 Å². The van der Waals surface area contributed by atoms with E-state index in [4.69, 9.17) is 13.7 Å². The van der Waals surface area contributed by atoms with Crippen LogP contribution in [0.2, 0.25) is 0 Å². The van der Waals surface area contributed by atoms with E-state index in [0.717, 1.165) is 11.3 Å². The van der Waals surface area contributed by atoms with E-state index in [-0.39, 0.29) is 18.3 Å². The fraction of sp³-hybridized carbons (Fsp3) is 0.538. The average Bonchev–Trinajstić information content (AvgIpc) is 2.67. The summed E-state index contributed by atoms with van der Waals surface area (Å²) in [5.41, 5.74) is 0.529. The summed E-state index contributed by atoms with van der Waals surface area (Å²) in [5, 5.41) is 0. The van der Waals surface area contributed by atoms with Crippen molar-refractivity contribution in [1.82, 2.24) is 0 Å². The van der Waals surface area contributed by atoms with Gasteiger partial charge in [-0.1, -0.05) is 5.98 Å². The topological polar surface area (TPSA) is 31.6 Å². The molecule has 0 spiro atoms. The number of rotatable bonds is 2. The molecule has 0 N–H and O–H groups in total. The molecule has 1 aliphatic rings. The maximum atomic E-state index is 5.84. The second kappa shape index (κ2) is 4.04. The summed E-state index contributed by atoms with van der Waals surface area (Å²) in [6.45, 7) is 10.2.